The summed E-state index contributed by atoms with van der Waals surface area (Å²) >= 11 is 0. The lowest BCUT2D eigenvalue weighted by Gasteiger charge is -2.08. The van der Waals surface area contributed by atoms with Crippen molar-refractivity contribution in [2.24, 2.45) is 5.73 Å². The van der Waals surface area contributed by atoms with Crippen LogP contribution in [0.2, 0.25) is 0 Å². The summed E-state index contributed by atoms with van der Waals surface area (Å²) in [7, 11) is 0. The first-order valence-electron chi connectivity index (χ1n) is 3.70. The monoisotopic (exact) mass is 161 g/mol. The second kappa shape index (κ2) is 3.24. The van der Waals surface area contributed by atoms with Crippen molar-refractivity contribution in [2.75, 3.05) is 5.73 Å². The van der Waals surface area contributed by atoms with Crippen molar-refractivity contribution < 1.29 is 0 Å². The maximum absolute atomic E-state index is 8.55. The quantitative estimate of drug-likeness (QED) is 0.607. The van der Waals surface area contributed by atoms with Crippen LogP contribution in [-0.2, 0) is 0 Å². The molecule has 0 saturated heterocycles. The Hall–Kier alpha value is -1.53. The average molecular weight is 161 g/mol. The van der Waals surface area contributed by atoms with Crippen molar-refractivity contribution in [3.05, 3.63) is 29.3 Å². The second-order valence-corrected chi connectivity index (χ2v) is 2.74. The van der Waals surface area contributed by atoms with Crippen LogP contribution < -0.4 is 11.5 Å². The molecule has 0 spiro atoms. The number of benzene rings is 1. The van der Waals surface area contributed by atoms with Crippen LogP contribution in [0, 0.1) is 11.3 Å². The molecular weight excluding hydrogens is 150 g/mol. The maximum atomic E-state index is 8.55. The highest BCUT2D eigenvalue weighted by atomic mass is 14.6. The zero-order chi connectivity index (χ0) is 9.14. The molecule has 1 aromatic rings. The molecule has 62 valence electrons. The fraction of sp³-hybridized carbons (Fsp3) is 0.222. The van der Waals surface area contributed by atoms with E-state index in [4.69, 9.17) is 16.7 Å². The van der Waals surface area contributed by atoms with Crippen molar-refractivity contribution in [1.29, 1.82) is 5.26 Å². The van der Waals surface area contributed by atoms with Crippen molar-refractivity contribution >= 4 is 5.69 Å². The van der Waals surface area contributed by atoms with Crippen LogP contribution in [-0.4, -0.2) is 0 Å². The van der Waals surface area contributed by atoms with E-state index in [2.05, 4.69) is 0 Å². The summed E-state index contributed by atoms with van der Waals surface area (Å²) in [6.45, 7) is 1.86. The first-order chi connectivity index (χ1) is 5.65. The SMILES string of the molecule is C[C@@H](N)c1ccc(C#N)cc1N. The van der Waals surface area contributed by atoms with Crippen LogP contribution >= 0.6 is 0 Å². The molecule has 0 aliphatic carbocycles. The fourth-order valence-corrected chi connectivity index (χ4v) is 1.06. The van der Waals surface area contributed by atoms with E-state index < -0.39 is 0 Å². The minimum Gasteiger partial charge on any atom is -0.398 e. The average Bonchev–Trinajstić information content (AvgIpc) is 2.03. The highest BCUT2D eigenvalue weighted by molar-refractivity contribution is 5.53. The van der Waals surface area contributed by atoms with E-state index in [1.165, 1.54) is 0 Å². The third-order valence-electron chi connectivity index (χ3n) is 1.71. The lowest BCUT2D eigenvalue weighted by molar-refractivity contribution is 0.821. The second-order valence-electron chi connectivity index (χ2n) is 2.74. The predicted octanol–water partition coefficient (Wildman–Crippen LogP) is 1.16. The molecule has 1 atom stereocenters. The molecule has 0 aliphatic rings. The van der Waals surface area contributed by atoms with Crippen molar-refractivity contribution in [2.45, 2.75) is 13.0 Å². The Bertz CT molecular complexity index is 323. The smallest absolute Gasteiger partial charge is 0.0992 e. The van der Waals surface area contributed by atoms with Gasteiger partial charge in [-0.05, 0) is 24.6 Å². The lowest BCUT2D eigenvalue weighted by atomic mass is 10.0. The van der Waals surface area contributed by atoms with Gasteiger partial charge in [0.15, 0.2) is 0 Å². The molecule has 4 N–H and O–H groups in total. The normalized spacial score (nSPS) is 12.1. The first kappa shape index (κ1) is 8.57. The number of nitrogens with zero attached hydrogens (tertiary/aromatic N) is 1. The maximum Gasteiger partial charge on any atom is 0.0992 e. The fourth-order valence-electron chi connectivity index (χ4n) is 1.06. The van der Waals surface area contributed by atoms with E-state index in [0.717, 1.165) is 5.56 Å². The van der Waals surface area contributed by atoms with Gasteiger partial charge in [0.05, 0.1) is 11.6 Å². The van der Waals surface area contributed by atoms with Gasteiger partial charge in [-0.1, -0.05) is 6.07 Å². The minimum absolute atomic E-state index is 0.0854. The standard InChI is InChI=1S/C9H11N3/c1-6(11)8-3-2-7(5-10)4-9(8)12/h2-4,6H,11-12H2,1H3/t6-/m1/s1. The number of nitrogens with two attached hydrogens (primary N) is 2. The topological polar surface area (TPSA) is 75.8 Å². The van der Waals surface area contributed by atoms with Gasteiger partial charge in [-0.2, -0.15) is 5.26 Å². The molecule has 0 saturated carbocycles. The molecule has 0 amide bonds. The van der Waals surface area contributed by atoms with Crippen LogP contribution in [0.3, 0.4) is 0 Å². The molecule has 1 aromatic carbocycles. The molecular formula is C9H11N3. The highest BCUT2D eigenvalue weighted by Gasteiger charge is 2.03. The molecule has 3 heteroatoms. The van der Waals surface area contributed by atoms with Crippen LogP contribution in [0.15, 0.2) is 18.2 Å². The van der Waals surface area contributed by atoms with Crippen LogP contribution in [0.25, 0.3) is 0 Å². The van der Waals surface area contributed by atoms with E-state index in [1.54, 1.807) is 18.2 Å². The molecule has 12 heavy (non-hydrogen) atoms. The van der Waals surface area contributed by atoms with Crippen LogP contribution in [0.5, 0.6) is 0 Å². The van der Waals surface area contributed by atoms with Crippen molar-refractivity contribution in [3.8, 4) is 6.07 Å². The molecule has 0 aromatic heterocycles. The summed E-state index contributed by atoms with van der Waals surface area (Å²) in [5, 5.41) is 8.55. The van der Waals surface area contributed by atoms with E-state index >= 15 is 0 Å². The van der Waals surface area contributed by atoms with Gasteiger partial charge in [0, 0.05) is 11.7 Å². The zero-order valence-corrected chi connectivity index (χ0v) is 6.91. The summed E-state index contributed by atoms with van der Waals surface area (Å²) in [4.78, 5) is 0. The number of rotatable bonds is 1. The summed E-state index contributed by atoms with van der Waals surface area (Å²) in [5.74, 6) is 0. The number of hydrogen-bond donors (Lipinski definition) is 2. The Kier molecular flexibility index (Phi) is 2.32. The molecule has 0 fully saturated rings. The molecule has 0 bridgehead atoms. The molecule has 0 heterocycles. The summed E-state index contributed by atoms with van der Waals surface area (Å²) in [6, 6.07) is 7.07. The van der Waals surface area contributed by atoms with Crippen LogP contribution in [0.4, 0.5) is 5.69 Å². The number of anilines is 1. The van der Waals surface area contributed by atoms with Gasteiger partial charge in [-0.15, -0.1) is 0 Å². The van der Waals surface area contributed by atoms with Gasteiger partial charge in [0.25, 0.3) is 0 Å². The summed E-state index contributed by atoms with van der Waals surface area (Å²) < 4.78 is 0. The molecule has 1 rings (SSSR count). The molecule has 0 aliphatic heterocycles. The molecule has 0 unspecified atom stereocenters. The minimum atomic E-state index is -0.0854. The zero-order valence-electron chi connectivity index (χ0n) is 6.91. The Balaban J connectivity index is 3.14. The third-order valence-corrected chi connectivity index (χ3v) is 1.71. The number of nitrogen functional groups attached to an aromatic ring is 1. The summed E-state index contributed by atoms with van der Waals surface area (Å²) in [6.07, 6.45) is 0. The number of nitriles is 1. The van der Waals surface area contributed by atoms with Gasteiger partial charge in [0.1, 0.15) is 0 Å². The van der Waals surface area contributed by atoms with E-state index in [9.17, 15) is 0 Å². The summed E-state index contributed by atoms with van der Waals surface area (Å²) in [5.41, 5.74) is 13.3. The Labute approximate surface area is 71.6 Å². The van der Waals surface area contributed by atoms with Crippen molar-refractivity contribution in [1.82, 2.24) is 0 Å². The van der Waals surface area contributed by atoms with Gasteiger partial charge in [-0.3, -0.25) is 0 Å². The van der Waals surface area contributed by atoms with E-state index in [0.29, 0.717) is 11.3 Å². The lowest BCUT2D eigenvalue weighted by Crippen LogP contribution is -2.08. The van der Waals surface area contributed by atoms with Gasteiger partial charge in [-0.25, -0.2) is 0 Å². The Morgan fingerprint density at radius 1 is 1.50 bits per heavy atom. The number of hydrogen-bond acceptors (Lipinski definition) is 3. The Morgan fingerprint density at radius 2 is 2.17 bits per heavy atom. The van der Waals surface area contributed by atoms with Crippen molar-refractivity contribution in [3.63, 3.8) is 0 Å². The predicted molar refractivity (Wildman–Crippen MR) is 48.2 cm³/mol. The van der Waals surface area contributed by atoms with Gasteiger partial charge in [0.2, 0.25) is 0 Å². The van der Waals surface area contributed by atoms with E-state index in [1.807, 2.05) is 13.0 Å². The van der Waals surface area contributed by atoms with Gasteiger partial charge >= 0.3 is 0 Å². The highest BCUT2D eigenvalue weighted by Crippen LogP contribution is 2.19. The largest absolute Gasteiger partial charge is 0.398 e. The van der Waals surface area contributed by atoms with Gasteiger partial charge < -0.3 is 11.5 Å². The third kappa shape index (κ3) is 1.55. The Morgan fingerprint density at radius 3 is 2.58 bits per heavy atom. The molecule has 3 nitrogen and oxygen atoms in total. The first-order valence-corrected chi connectivity index (χ1v) is 3.70. The van der Waals surface area contributed by atoms with Crippen LogP contribution in [0.1, 0.15) is 24.1 Å². The molecule has 0 radical (unpaired) electrons. The van der Waals surface area contributed by atoms with E-state index in [-0.39, 0.29) is 6.04 Å².